The van der Waals surface area contributed by atoms with Crippen molar-refractivity contribution < 1.29 is 23.8 Å². The first-order chi connectivity index (χ1) is 14.4. The summed E-state index contributed by atoms with van der Waals surface area (Å²) in [6.07, 6.45) is -0.812. The third kappa shape index (κ3) is 4.63. The van der Waals surface area contributed by atoms with Gasteiger partial charge in [-0.05, 0) is 48.9 Å². The second-order valence-corrected chi connectivity index (χ2v) is 6.72. The van der Waals surface area contributed by atoms with Crippen molar-refractivity contribution >= 4 is 22.6 Å². The molecule has 0 spiro atoms. The van der Waals surface area contributed by atoms with E-state index >= 15 is 0 Å². The van der Waals surface area contributed by atoms with Crippen molar-refractivity contribution in [2.24, 2.45) is 0 Å². The molecule has 3 rings (SSSR count). The Morgan fingerprint density at radius 2 is 1.50 bits per heavy atom. The molecule has 0 saturated heterocycles. The van der Waals surface area contributed by atoms with Crippen LogP contribution in [0.15, 0.2) is 54.6 Å². The van der Waals surface area contributed by atoms with Crippen molar-refractivity contribution in [2.45, 2.75) is 20.0 Å². The van der Waals surface area contributed by atoms with Crippen LogP contribution < -0.4 is 25.1 Å². The van der Waals surface area contributed by atoms with Crippen LogP contribution in [0.1, 0.15) is 22.8 Å². The van der Waals surface area contributed by atoms with Gasteiger partial charge in [0, 0.05) is 11.1 Å². The number of nitrogens with one attached hydrogen (secondary N) is 2. The van der Waals surface area contributed by atoms with Gasteiger partial charge in [0.2, 0.25) is 0 Å². The number of hydrogen-bond donors (Lipinski definition) is 2. The fourth-order valence-corrected chi connectivity index (χ4v) is 3.01. The van der Waals surface area contributed by atoms with Crippen LogP contribution in [-0.2, 0) is 4.79 Å². The van der Waals surface area contributed by atoms with Crippen molar-refractivity contribution in [3.05, 3.63) is 65.7 Å². The summed E-state index contributed by atoms with van der Waals surface area (Å²) in [4.78, 5) is 24.8. The lowest BCUT2D eigenvalue weighted by atomic mass is 10.1. The van der Waals surface area contributed by atoms with Gasteiger partial charge < -0.3 is 14.2 Å². The van der Waals surface area contributed by atoms with E-state index in [1.165, 1.54) is 14.2 Å². The number of ether oxygens (including phenoxy) is 3. The minimum absolute atomic E-state index is 0.290. The second kappa shape index (κ2) is 9.17. The third-order valence-electron chi connectivity index (χ3n) is 4.72. The normalized spacial score (nSPS) is 11.5. The fourth-order valence-electron chi connectivity index (χ4n) is 3.01. The van der Waals surface area contributed by atoms with Gasteiger partial charge in [0.25, 0.3) is 11.8 Å². The fraction of sp³-hybridized carbons (Fsp3) is 0.217. The number of carbonyl (C=O) groups is 2. The molecule has 0 aliphatic carbocycles. The molecule has 0 heterocycles. The molecular formula is C23H24N2O5. The van der Waals surface area contributed by atoms with E-state index in [-0.39, 0.29) is 5.56 Å². The van der Waals surface area contributed by atoms with E-state index in [9.17, 15) is 9.59 Å². The average Bonchev–Trinajstić information content (AvgIpc) is 2.77. The minimum atomic E-state index is -0.812. The van der Waals surface area contributed by atoms with Crippen LogP contribution in [0, 0.1) is 6.92 Å². The molecule has 1 atom stereocenters. The maximum Gasteiger partial charge on any atom is 0.279 e. The summed E-state index contributed by atoms with van der Waals surface area (Å²) in [7, 11) is 3.02. The Kier molecular flexibility index (Phi) is 6.41. The van der Waals surface area contributed by atoms with Gasteiger partial charge in [-0.15, -0.1) is 0 Å². The van der Waals surface area contributed by atoms with E-state index in [1.807, 2.05) is 43.3 Å². The Morgan fingerprint density at radius 3 is 2.13 bits per heavy atom. The SMILES string of the molecule is COc1cc(C(=O)NNC(=O)C(C)Oc2ccc3ccccc3c2)cc(OC)c1C. The number of methoxy groups -OCH3 is 2. The number of amides is 2. The molecule has 1 unspecified atom stereocenters. The lowest BCUT2D eigenvalue weighted by molar-refractivity contribution is -0.128. The molecule has 0 aromatic heterocycles. The Hall–Kier alpha value is -3.74. The summed E-state index contributed by atoms with van der Waals surface area (Å²) in [5.41, 5.74) is 5.84. The molecule has 0 fully saturated rings. The molecule has 3 aromatic rings. The molecule has 0 aliphatic rings. The molecular weight excluding hydrogens is 384 g/mol. The van der Waals surface area contributed by atoms with E-state index in [4.69, 9.17) is 14.2 Å². The number of rotatable bonds is 6. The van der Waals surface area contributed by atoms with Gasteiger partial charge in [0.15, 0.2) is 6.10 Å². The quantitative estimate of drug-likeness (QED) is 0.611. The first-order valence-electron chi connectivity index (χ1n) is 9.41. The van der Waals surface area contributed by atoms with Crippen LogP contribution >= 0.6 is 0 Å². The van der Waals surface area contributed by atoms with Gasteiger partial charge in [0.1, 0.15) is 17.2 Å². The zero-order chi connectivity index (χ0) is 21.7. The maximum atomic E-state index is 12.4. The third-order valence-corrected chi connectivity index (χ3v) is 4.72. The lowest BCUT2D eigenvalue weighted by Crippen LogP contribution is -2.47. The van der Waals surface area contributed by atoms with E-state index in [0.29, 0.717) is 17.2 Å². The van der Waals surface area contributed by atoms with Gasteiger partial charge in [-0.25, -0.2) is 0 Å². The van der Waals surface area contributed by atoms with Crippen molar-refractivity contribution in [1.29, 1.82) is 0 Å². The van der Waals surface area contributed by atoms with Crippen molar-refractivity contribution in [1.82, 2.24) is 10.9 Å². The number of carbonyl (C=O) groups excluding carboxylic acids is 2. The molecule has 7 heteroatoms. The standard InChI is InChI=1S/C23H24N2O5/c1-14-20(28-3)12-18(13-21(14)29-4)23(27)25-24-22(26)15(2)30-19-10-9-16-7-5-6-8-17(16)11-19/h5-13,15H,1-4H3,(H,24,26)(H,25,27). The van der Waals surface area contributed by atoms with E-state index < -0.39 is 17.9 Å². The highest BCUT2D eigenvalue weighted by Crippen LogP contribution is 2.29. The van der Waals surface area contributed by atoms with Crippen LogP contribution in [0.2, 0.25) is 0 Å². The Balaban J connectivity index is 1.62. The highest BCUT2D eigenvalue weighted by molar-refractivity contribution is 5.96. The smallest absolute Gasteiger partial charge is 0.279 e. The van der Waals surface area contributed by atoms with Crippen LogP contribution in [-0.4, -0.2) is 32.1 Å². The molecule has 2 N–H and O–H groups in total. The Morgan fingerprint density at radius 1 is 0.867 bits per heavy atom. The molecule has 156 valence electrons. The van der Waals surface area contributed by atoms with Crippen LogP contribution in [0.3, 0.4) is 0 Å². The van der Waals surface area contributed by atoms with Crippen LogP contribution in [0.4, 0.5) is 0 Å². The molecule has 0 bridgehead atoms. The van der Waals surface area contributed by atoms with Gasteiger partial charge in [0.05, 0.1) is 14.2 Å². The topological polar surface area (TPSA) is 85.9 Å². The zero-order valence-corrected chi connectivity index (χ0v) is 17.3. The molecule has 3 aromatic carbocycles. The first-order valence-corrected chi connectivity index (χ1v) is 9.41. The number of benzene rings is 3. The summed E-state index contributed by atoms with van der Waals surface area (Å²) in [5, 5.41) is 2.09. The Labute approximate surface area is 174 Å². The summed E-state index contributed by atoms with van der Waals surface area (Å²) < 4.78 is 16.3. The number of hydrazine groups is 1. The summed E-state index contributed by atoms with van der Waals surface area (Å²) in [6.45, 7) is 3.43. The van der Waals surface area contributed by atoms with Gasteiger partial charge in [-0.3, -0.25) is 20.4 Å². The van der Waals surface area contributed by atoms with Gasteiger partial charge in [-0.2, -0.15) is 0 Å². The molecule has 7 nitrogen and oxygen atoms in total. The molecule has 2 amide bonds. The van der Waals surface area contributed by atoms with E-state index in [2.05, 4.69) is 10.9 Å². The summed E-state index contributed by atoms with van der Waals surface area (Å²) in [5.74, 6) is 0.605. The number of fused-ring (bicyclic) bond motifs is 1. The molecule has 0 radical (unpaired) electrons. The van der Waals surface area contributed by atoms with Crippen LogP contribution in [0.25, 0.3) is 10.8 Å². The van der Waals surface area contributed by atoms with E-state index in [0.717, 1.165) is 16.3 Å². The van der Waals surface area contributed by atoms with E-state index in [1.54, 1.807) is 25.1 Å². The number of hydrogen-bond acceptors (Lipinski definition) is 5. The zero-order valence-electron chi connectivity index (χ0n) is 17.3. The predicted octanol–water partition coefficient (Wildman–Crippen LogP) is 3.39. The molecule has 0 aliphatic heterocycles. The summed E-state index contributed by atoms with van der Waals surface area (Å²) >= 11 is 0. The molecule has 30 heavy (non-hydrogen) atoms. The lowest BCUT2D eigenvalue weighted by Gasteiger charge is -2.16. The largest absolute Gasteiger partial charge is 0.496 e. The second-order valence-electron chi connectivity index (χ2n) is 6.72. The monoisotopic (exact) mass is 408 g/mol. The van der Waals surface area contributed by atoms with Gasteiger partial charge in [-0.1, -0.05) is 30.3 Å². The van der Waals surface area contributed by atoms with Crippen molar-refractivity contribution in [3.8, 4) is 17.2 Å². The minimum Gasteiger partial charge on any atom is -0.496 e. The summed E-state index contributed by atoms with van der Waals surface area (Å²) in [6, 6.07) is 16.6. The van der Waals surface area contributed by atoms with Crippen molar-refractivity contribution in [3.63, 3.8) is 0 Å². The highest BCUT2D eigenvalue weighted by Gasteiger charge is 2.18. The first kappa shape index (κ1) is 21.0. The van der Waals surface area contributed by atoms with Gasteiger partial charge >= 0.3 is 0 Å². The predicted molar refractivity (Wildman–Crippen MR) is 114 cm³/mol. The van der Waals surface area contributed by atoms with Crippen LogP contribution in [0.5, 0.6) is 17.2 Å². The van der Waals surface area contributed by atoms with Crippen molar-refractivity contribution in [2.75, 3.05) is 14.2 Å². The average molecular weight is 408 g/mol. The molecule has 0 saturated carbocycles. The maximum absolute atomic E-state index is 12.4. The highest BCUT2D eigenvalue weighted by atomic mass is 16.5. The Bertz CT molecular complexity index is 1060.